The number of nitrogens with one attached hydrogen (secondary N) is 1. The molecule has 0 bridgehead atoms. The number of sulfonamides is 1. The average Bonchev–Trinajstić information content (AvgIpc) is 3.62. The van der Waals surface area contributed by atoms with E-state index in [1.165, 1.54) is 4.31 Å². The summed E-state index contributed by atoms with van der Waals surface area (Å²) >= 11 is 3.35. The molecule has 5 rings (SSSR count). The summed E-state index contributed by atoms with van der Waals surface area (Å²) in [5.41, 5.74) is 1.92. The van der Waals surface area contributed by atoms with Gasteiger partial charge in [0.1, 0.15) is 0 Å². The van der Waals surface area contributed by atoms with Crippen molar-refractivity contribution in [2.75, 3.05) is 36.4 Å². The lowest BCUT2D eigenvalue weighted by Crippen LogP contribution is -2.49. The van der Waals surface area contributed by atoms with E-state index in [0.29, 0.717) is 54.9 Å². The lowest BCUT2D eigenvalue weighted by atomic mass is 10.2. The quantitative estimate of drug-likeness (QED) is 0.558. The van der Waals surface area contributed by atoms with Gasteiger partial charge < -0.3 is 10.2 Å². The lowest BCUT2D eigenvalue weighted by Gasteiger charge is -2.35. The molecule has 1 saturated carbocycles. The van der Waals surface area contributed by atoms with Crippen LogP contribution < -0.4 is 10.2 Å². The van der Waals surface area contributed by atoms with E-state index in [1.807, 2.05) is 12.1 Å². The number of anilines is 2. The first-order chi connectivity index (χ1) is 15.4. The van der Waals surface area contributed by atoms with E-state index >= 15 is 0 Å². The van der Waals surface area contributed by atoms with Crippen molar-refractivity contribution in [3.63, 3.8) is 0 Å². The van der Waals surface area contributed by atoms with Crippen LogP contribution in [0.2, 0.25) is 0 Å². The molecule has 2 fully saturated rings. The van der Waals surface area contributed by atoms with Crippen LogP contribution in [0, 0.1) is 11.3 Å². The van der Waals surface area contributed by atoms with Crippen LogP contribution in [0.15, 0.2) is 51.8 Å². The molecule has 8 nitrogen and oxygen atoms in total. The van der Waals surface area contributed by atoms with Crippen molar-refractivity contribution in [3.8, 4) is 6.07 Å². The third kappa shape index (κ3) is 4.16. The highest BCUT2D eigenvalue weighted by atomic mass is 79.9. The Kier molecular flexibility index (Phi) is 5.49. The van der Waals surface area contributed by atoms with E-state index in [0.717, 1.165) is 22.8 Å². The van der Waals surface area contributed by atoms with E-state index in [1.54, 1.807) is 30.3 Å². The first-order valence-electron chi connectivity index (χ1n) is 10.4. The molecule has 1 aromatic heterocycles. The van der Waals surface area contributed by atoms with Gasteiger partial charge in [-0.2, -0.15) is 9.57 Å². The minimum atomic E-state index is -3.56. The summed E-state index contributed by atoms with van der Waals surface area (Å²) in [4.78, 5) is 11.9. The molecule has 0 unspecified atom stereocenters. The smallest absolute Gasteiger partial charge is 0.243 e. The zero-order chi connectivity index (χ0) is 22.3. The van der Waals surface area contributed by atoms with Crippen molar-refractivity contribution < 1.29 is 8.42 Å². The second-order valence-corrected chi connectivity index (χ2v) is 10.8. The Hall–Kier alpha value is -2.74. The van der Waals surface area contributed by atoms with Crippen molar-refractivity contribution in [1.82, 2.24) is 14.3 Å². The van der Waals surface area contributed by atoms with Crippen LogP contribution in [-0.2, 0) is 10.0 Å². The largest absolute Gasteiger partial charge is 0.364 e. The Balaban J connectivity index is 1.42. The monoisotopic (exact) mass is 512 g/mol. The second kappa shape index (κ2) is 8.31. The summed E-state index contributed by atoms with van der Waals surface area (Å²) in [6.07, 6.45) is 2.20. The van der Waals surface area contributed by atoms with Gasteiger partial charge in [-0.3, -0.25) is 0 Å². The van der Waals surface area contributed by atoms with Crippen molar-refractivity contribution in [2.45, 2.75) is 23.8 Å². The number of aromatic nitrogens is 2. The fourth-order valence-electron chi connectivity index (χ4n) is 3.77. The zero-order valence-corrected chi connectivity index (χ0v) is 19.6. The summed E-state index contributed by atoms with van der Waals surface area (Å²) in [7, 11) is -3.56. The predicted molar refractivity (Wildman–Crippen MR) is 126 cm³/mol. The van der Waals surface area contributed by atoms with Gasteiger partial charge in [-0.1, -0.05) is 22.0 Å². The van der Waals surface area contributed by atoms with Crippen LogP contribution in [0.4, 0.5) is 11.6 Å². The van der Waals surface area contributed by atoms with Gasteiger partial charge in [0.15, 0.2) is 11.6 Å². The van der Waals surface area contributed by atoms with Crippen molar-refractivity contribution >= 4 is 48.6 Å². The Bertz CT molecular complexity index is 1330. The molecule has 1 saturated heterocycles. The van der Waals surface area contributed by atoms with Gasteiger partial charge in [-0.15, -0.1) is 0 Å². The van der Waals surface area contributed by atoms with Crippen molar-refractivity contribution in [3.05, 3.63) is 52.5 Å². The Morgan fingerprint density at radius 2 is 1.81 bits per heavy atom. The van der Waals surface area contributed by atoms with Crippen molar-refractivity contribution in [1.29, 1.82) is 5.26 Å². The molecule has 1 aliphatic carbocycles. The number of halogens is 1. The van der Waals surface area contributed by atoms with E-state index in [9.17, 15) is 13.7 Å². The normalized spacial score (nSPS) is 17.3. The van der Waals surface area contributed by atoms with E-state index in [2.05, 4.69) is 32.2 Å². The molecule has 164 valence electrons. The maximum atomic E-state index is 13.1. The molecule has 0 spiro atoms. The van der Waals surface area contributed by atoms with E-state index < -0.39 is 10.0 Å². The summed E-state index contributed by atoms with van der Waals surface area (Å²) in [5.74, 6) is 1.42. The van der Waals surface area contributed by atoms with Crippen LogP contribution in [-0.4, -0.2) is 54.9 Å². The van der Waals surface area contributed by atoms with Gasteiger partial charge in [0.05, 0.1) is 27.6 Å². The van der Waals surface area contributed by atoms with E-state index in [-0.39, 0.29) is 4.90 Å². The Morgan fingerprint density at radius 3 is 2.50 bits per heavy atom. The maximum absolute atomic E-state index is 13.1. The van der Waals surface area contributed by atoms with Gasteiger partial charge in [0, 0.05) is 36.7 Å². The molecule has 2 heterocycles. The first-order valence-corrected chi connectivity index (χ1v) is 12.7. The number of fused-ring (bicyclic) bond motifs is 1. The number of nitrogens with zero attached hydrogens (tertiary/aromatic N) is 5. The molecule has 0 atom stereocenters. The second-order valence-electron chi connectivity index (χ2n) is 7.98. The first kappa shape index (κ1) is 21.1. The lowest BCUT2D eigenvalue weighted by molar-refractivity contribution is 0.384. The minimum Gasteiger partial charge on any atom is -0.364 e. The van der Waals surface area contributed by atoms with Crippen LogP contribution in [0.3, 0.4) is 0 Å². The SMILES string of the molecule is N#Cc1ccc2nc(NC3CC3)c(N3CCN(S(=O)(=O)c4cccc(Br)c4)CC3)nc2c1. The number of piperazine rings is 1. The Labute approximate surface area is 195 Å². The van der Waals surface area contributed by atoms with Gasteiger partial charge in [0.2, 0.25) is 10.0 Å². The van der Waals surface area contributed by atoms with Crippen LogP contribution >= 0.6 is 15.9 Å². The van der Waals surface area contributed by atoms with Crippen molar-refractivity contribution in [2.24, 2.45) is 0 Å². The minimum absolute atomic E-state index is 0.283. The molecule has 1 N–H and O–H groups in total. The molecule has 2 aliphatic rings. The molecule has 32 heavy (non-hydrogen) atoms. The Morgan fingerprint density at radius 1 is 1.03 bits per heavy atom. The van der Waals surface area contributed by atoms with Gasteiger partial charge in [-0.25, -0.2) is 18.4 Å². The molecule has 10 heteroatoms. The molecule has 0 amide bonds. The molecule has 3 aromatic rings. The van der Waals surface area contributed by atoms with Gasteiger partial charge in [-0.05, 0) is 49.2 Å². The third-order valence-corrected chi connectivity index (χ3v) is 8.05. The number of hydrogen-bond acceptors (Lipinski definition) is 7. The number of nitriles is 1. The zero-order valence-electron chi connectivity index (χ0n) is 17.2. The standard InChI is InChI=1S/C22H21BrN6O2S/c23-16-2-1-3-18(13-16)32(30,31)29-10-8-28(9-11-29)22-21(25-17-5-6-17)26-19-7-4-15(14-24)12-20(19)27-22/h1-4,7,12-13,17H,5-6,8-11H2,(H,25,26). The molecular formula is C22H21BrN6O2S. The summed E-state index contributed by atoms with van der Waals surface area (Å²) in [5, 5.41) is 12.7. The fourth-order valence-corrected chi connectivity index (χ4v) is 5.79. The number of benzene rings is 2. The van der Waals surface area contributed by atoms with Gasteiger partial charge >= 0.3 is 0 Å². The average molecular weight is 513 g/mol. The summed E-state index contributed by atoms with van der Waals surface area (Å²) in [6, 6.07) is 14.6. The number of rotatable bonds is 5. The topological polar surface area (TPSA) is 102 Å². The maximum Gasteiger partial charge on any atom is 0.243 e. The van der Waals surface area contributed by atoms with E-state index in [4.69, 9.17) is 9.97 Å². The molecule has 1 aliphatic heterocycles. The fraction of sp³-hybridized carbons (Fsp3) is 0.318. The third-order valence-electron chi connectivity index (χ3n) is 5.67. The van der Waals surface area contributed by atoms with Crippen LogP contribution in [0.25, 0.3) is 11.0 Å². The van der Waals surface area contributed by atoms with Gasteiger partial charge in [0.25, 0.3) is 0 Å². The highest BCUT2D eigenvalue weighted by molar-refractivity contribution is 9.10. The predicted octanol–water partition coefficient (Wildman–Crippen LogP) is 3.35. The number of hydrogen-bond donors (Lipinski definition) is 1. The highest BCUT2D eigenvalue weighted by Crippen LogP contribution is 2.32. The molecule has 2 aromatic carbocycles. The molecule has 0 radical (unpaired) electrons. The highest BCUT2D eigenvalue weighted by Gasteiger charge is 2.31. The summed E-state index contributed by atoms with van der Waals surface area (Å²) in [6.45, 7) is 1.72. The molecular weight excluding hydrogens is 492 g/mol. The van der Waals surface area contributed by atoms with Crippen LogP contribution in [0.5, 0.6) is 0 Å². The summed E-state index contributed by atoms with van der Waals surface area (Å²) < 4.78 is 28.4. The van der Waals surface area contributed by atoms with Crippen LogP contribution in [0.1, 0.15) is 18.4 Å².